The summed E-state index contributed by atoms with van der Waals surface area (Å²) in [5.74, 6) is 3.92. The number of hydrogen-bond acceptors (Lipinski definition) is 6. The van der Waals surface area contributed by atoms with Crippen molar-refractivity contribution in [2.45, 2.75) is 144 Å². The van der Waals surface area contributed by atoms with Crippen molar-refractivity contribution in [3.05, 3.63) is 129 Å². The fourth-order valence-electron chi connectivity index (χ4n) is 12.5. The van der Waals surface area contributed by atoms with Crippen molar-refractivity contribution in [1.29, 1.82) is 0 Å². The molecule has 3 heterocycles. The topological polar surface area (TPSA) is 6.48 Å². The van der Waals surface area contributed by atoms with Crippen LogP contribution in [0.25, 0.3) is 0 Å². The fourth-order valence-corrected chi connectivity index (χ4v) is 21.5. The van der Waals surface area contributed by atoms with Gasteiger partial charge in [-0.3, -0.25) is 0 Å². The molecule has 0 radical (unpaired) electrons. The third-order valence-corrected chi connectivity index (χ3v) is 24.6. The number of thioether (sulfide) groups is 4. The van der Waals surface area contributed by atoms with E-state index in [2.05, 4.69) is 217 Å². The first-order chi connectivity index (χ1) is 28.4. The molecular formula is C53H66N2S4. The first-order valence-electron chi connectivity index (χ1n) is 22.9. The summed E-state index contributed by atoms with van der Waals surface area (Å²) in [6.45, 7) is 25.3. The van der Waals surface area contributed by atoms with Gasteiger partial charge < -0.3 is 9.80 Å². The van der Waals surface area contributed by atoms with Crippen molar-refractivity contribution in [3.63, 3.8) is 0 Å². The second-order valence-corrected chi connectivity index (χ2v) is 25.1. The summed E-state index contributed by atoms with van der Waals surface area (Å²) in [6, 6.07) is 20.1. The highest BCUT2D eigenvalue weighted by Crippen LogP contribution is 2.66. The van der Waals surface area contributed by atoms with Crippen LogP contribution in [0, 0.1) is 35.5 Å². The van der Waals surface area contributed by atoms with E-state index in [1.54, 1.807) is 21.0 Å². The minimum absolute atomic E-state index is 0.0783. The van der Waals surface area contributed by atoms with Gasteiger partial charge in [-0.2, -0.15) is 23.5 Å². The lowest BCUT2D eigenvalue weighted by molar-refractivity contribution is 0.143. The third kappa shape index (κ3) is 6.35. The van der Waals surface area contributed by atoms with Crippen LogP contribution in [0.4, 0.5) is 11.4 Å². The van der Waals surface area contributed by atoms with E-state index in [4.69, 9.17) is 0 Å². The van der Waals surface area contributed by atoms with Crippen molar-refractivity contribution in [3.8, 4) is 0 Å². The van der Waals surface area contributed by atoms with Crippen LogP contribution in [0.3, 0.4) is 0 Å². The molecule has 5 aliphatic carbocycles. The SMILES string of the molecule is CC1=C(C)C(C)C(C)C2=C1SC1C(S2)C(N(C2=CCCC=C2)C2C=CC=CC2)C2SC3C(C)C(C)C(C)C(C)C3SC2C1N1c2ccccc2C(C)(C)c2ccccc21. The van der Waals surface area contributed by atoms with Crippen molar-refractivity contribution in [1.82, 2.24) is 4.90 Å². The standard InChI is InChI=1S/C53H66N2S4/c1-29-31(3)35(7)47-45(33(29)5)56-49-43(54(37-21-13-11-14-22-37)38-23-15-12-16-24-38)50-52(59-48-36(8)32(4)30(2)34(6)46(48)57-50)44(51(49)58-47)55-41-27-19-17-25-39(41)53(9,10)40-26-18-20-28-42(40)55/h11,13-15,17-21,23-31,33-35,37,43-45,47,49-52H,12,16,22H2,1-10H3. The molecule has 0 bridgehead atoms. The van der Waals surface area contributed by atoms with E-state index in [-0.39, 0.29) is 5.41 Å². The molecule has 1 saturated heterocycles. The van der Waals surface area contributed by atoms with E-state index in [9.17, 15) is 0 Å². The number of para-hydroxylation sites is 2. The largest absolute Gasteiger partial charge is 0.360 e. The van der Waals surface area contributed by atoms with E-state index in [0.717, 1.165) is 31.1 Å². The van der Waals surface area contributed by atoms with E-state index >= 15 is 0 Å². The van der Waals surface area contributed by atoms with E-state index in [1.807, 2.05) is 0 Å². The van der Waals surface area contributed by atoms with Crippen molar-refractivity contribution < 1.29 is 0 Å². The monoisotopic (exact) mass is 858 g/mol. The van der Waals surface area contributed by atoms with Gasteiger partial charge in [0.2, 0.25) is 0 Å². The van der Waals surface area contributed by atoms with Gasteiger partial charge >= 0.3 is 0 Å². The van der Waals surface area contributed by atoms with Crippen molar-refractivity contribution in [2.24, 2.45) is 35.5 Å². The Balaban J connectivity index is 1.23. The number of hydrogen-bond donors (Lipinski definition) is 0. The average molecular weight is 859 g/mol. The Kier molecular flexibility index (Phi) is 10.8. The maximum atomic E-state index is 3.02. The van der Waals surface area contributed by atoms with Gasteiger partial charge in [0.25, 0.3) is 0 Å². The Morgan fingerprint density at radius 3 is 1.92 bits per heavy atom. The zero-order valence-electron chi connectivity index (χ0n) is 37.0. The van der Waals surface area contributed by atoms with Crippen LogP contribution < -0.4 is 4.90 Å². The molecule has 0 spiro atoms. The summed E-state index contributed by atoms with van der Waals surface area (Å²) in [5, 5.41) is 3.03. The molecule has 0 amide bonds. The van der Waals surface area contributed by atoms with E-state index < -0.39 is 0 Å². The van der Waals surface area contributed by atoms with Gasteiger partial charge in [0.15, 0.2) is 0 Å². The van der Waals surface area contributed by atoms with E-state index in [0.29, 0.717) is 73.3 Å². The lowest BCUT2D eigenvalue weighted by Gasteiger charge is -2.64. The molecule has 3 fully saturated rings. The molecule has 3 aliphatic heterocycles. The fraction of sp³-hybridized carbons (Fsp3) is 0.547. The summed E-state index contributed by atoms with van der Waals surface area (Å²) in [4.78, 5) is 9.25. The van der Waals surface area contributed by atoms with Crippen LogP contribution in [0.15, 0.2) is 118 Å². The average Bonchev–Trinajstić information content (AvgIpc) is 3.26. The van der Waals surface area contributed by atoms with Gasteiger partial charge in [-0.05, 0) is 104 Å². The van der Waals surface area contributed by atoms with Gasteiger partial charge in [-0.25, -0.2) is 0 Å². The van der Waals surface area contributed by atoms with Crippen LogP contribution in [-0.2, 0) is 5.41 Å². The zero-order valence-corrected chi connectivity index (χ0v) is 40.2. The number of allylic oxidation sites excluding steroid dienone is 8. The highest BCUT2D eigenvalue weighted by Gasteiger charge is 2.63. The third-order valence-electron chi connectivity index (χ3n) is 16.9. The summed E-state index contributed by atoms with van der Waals surface area (Å²) in [7, 11) is 0. The highest BCUT2D eigenvalue weighted by atomic mass is 32.2. The number of nitrogens with zero attached hydrogens (tertiary/aromatic N) is 2. The highest BCUT2D eigenvalue weighted by molar-refractivity contribution is 8.11. The molecule has 2 aromatic rings. The summed E-state index contributed by atoms with van der Waals surface area (Å²) >= 11 is 9.58. The first kappa shape index (κ1) is 40.9. The van der Waals surface area contributed by atoms with Gasteiger partial charge in [-0.1, -0.05) is 134 Å². The Hall–Kier alpha value is -2.12. The van der Waals surface area contributed by atoms with Crippen LogP contribution in [0.1, 0.15) is 99.6 Å². The van der Waals surface area contributed by atoms with Gasteiger partial charge in [-0.15, -0.1) is 23.5 Å². The van der Waals surface area contributed by atoms with Gasteiger partial charge in [0, 0.05) is 63.8 Å². The Labute approximate surface area is 373 Å². The molecular weight excluding hydrogens is 793 g/mol. The Morgan fingerprint density at radius 2 is 1.31 bits per heavy atom. The molecule has 0 aromatic heterocycles. The van der Waals surface area contributed by atoms with Crippen LogP contribution in [0.2, 0.25) is 0 Å². The number of benzene rings is 2. The molecule has 2 aromatic carbocycles. The second kappa shape index (κ2) is 15.6. The number of anilines is 2. The maximum absolute atomic E-state index is 3.02. The van der Waals surface area contributed by atoms with Gasteiger partial charge in [0.05, 0.1) is 18.1 Å². The Bertz CT molecular complexity index is 2130. The first-order valence-corrected chi connectivity index (χ1v) is 26.6. The lowest BCUT2D eigenvalue weighted by Crippen LogP contribution is -2.71. The molecule has 312 valence electrons. The molecule has 8 aliphatic rings. The van der Waals surface area contributed by atoms with Gasteiger partial charge in [0.1, 0.15) is 0 Å². The molecule has 15 unspecified atom stereocenters. The maximum Gasteiger partial charge on any atom is 0.0606 e. The summed E-state index contributed by atoms with van der Waals surface area (Å²) in [6.07, 6.45) is 20.5. The van der Waals surface area contributed by atoms with E-state index in [1.165, 1.54) is 28.2 Å². The minimum Gasteiger partial charge on any atom is -0.360 e. The van der Waals surface area contributed by atoms with Crippen LogP contribution in [0.5, 0.6) is 0 Å². The molecule has 0 N–H and O–H groups in total. The predicted molar refractivity (Wildman–Crippen MR) is 263 cm³/mol. The molecule has 6 heteroatoms. The van der Waals surface area contributed by atoms with Crippen molar-refractivity contribution in [2.75, 3.05) is 4.90 Å². The second-order valence-electron chi connectivity index (χ2n) is 20.0. The molecule has 10 rings (SSSR count). The van der Waals surface area contributed by atoms with Crippen molar-refractivity contribution >= 4 is 58.4 Å². The molecule has 2 nitrogen and oxygen atoms in total. The van der Waals surface area contributed by atoms with Crippen LogP contribution >= 0.6 is 47.0 Å². The quantitative estimate of drug-likeness (QED) is 0.300. The normalized spacial score (nSPS) is 40.6. The predicted octanol–water partition coefficient (Wildman–Crippen LogP) is 14.2. The smallest absolute Gasteiger partial charge is 0.0606 e. The van der Waals surface area contributed by atoms with Crippen LogP contribution in [-0.4, -0.2) is 54.5 Å². The number of rotatable bonds is 4. The zero-order chi connectivity index (χ0) is 41.1. The lowest BCUT2D eigenvalue weighted by atomic mass is 9.69. The minimum atomic E-state index is -0.0783. The molecule has 59 heavy (non-hydrogen) atoms. The molecule has 15 atom stereocenters. The summed E-state index contributed by atoms with van der Waals surface area (Å²) in [5.41, 5.74) is 10.4. The number of fused-ring (bicyclic) bond motifs is 5. The Morgan fingerprint density at radius 1 is 0.661 bits per heavy atom. The molecule has 2 saturated carbocycles. The summed E-state index contributed by atoms with van der Waals surface area (Å²) < 4.78 is 0.